The Morgan fingerprint density at radius 1 is 1.33 bits per heavy atom. The van der Waals surface area contributed by atoms with Crippen LogP contribution in [0.4, 0.5) is 0 Å². The van der Waals surface area contributed by atoms with Crippen molar-refractivity contribution in [2.75, 3.05) is 0 Å². The monoisotopic (exact) mass is 349 g/mol. The minimum absolute atomic E-state index is 0.0227. The fraction of sp³-hybridized carbons (Fsp3) is 0.500. The molecule has 21 heavy (non-hydrogen) atoms. The van der Waals surface area contributed by atoms with Crippen molar-refractivity contribution in [3.63, 3.8) is 0 Å². The number of hydrogen-bond donors (Lipinski definition) is 0. The number of rotatable bonds is 7. The van der Waals surface area contributed by atoms with Crippen LogP contribution in [0.15, 0.2) is 28.9 Å². The molecule has 0 N–H and O–H groups in total. The zero-order valence-corrected chi connectivity index (χ0v) is 14.7. The van der Waals surface area contributed by atoms with Gasteiger partial charge in [0, 0.05) is 40.5 Å². The lowest BCUT2D eigenvalue weighted by molar-refractivity contribution is -0.109. The van der Waals surface area contributed by atoms with Gasteiger partial charge in [-0.1, -0.05) is 48.7 Å². The van der Waals surface area contributed by atoms with Crippen LogP contribution in [-0.4, -0.2) is 10.9 Å². The summed E-state index contributed by atoms with van der Waals surface area (Å²) in [5, 5.41) is 1.28. The Morgan fingerprint density at radius 3 is 2.71 bits per heavy atom. The molecule has 1 heterocycles. The molecule has 3 heteroatoms. The average Bonchev–Trinajstić information content (AvgIpc) is 2.81. The molecule has 0 amide bonds. The maximum Gasteiger partial charge on any atom is 0.120 e. The molecule has 114 valence electrons. The van der Waals surface area contributed by atoms with Crippen LogP contribution in [-0.2, 0) is 17.3 Å². The summed E-state index contributed by atoms with van der Waals surface area (Å²) in [6, 6.07) is 6.42. The van der Waals surface area contributed by atoms with E-state index < -0.39 is 0 Å². The predicted molar refractivity (Wildman–Crippen MR) is 92.8 cm³/mol. The predicted octanol–water partition coefficient (Wildman–Crippen LogP) is 5.37. The van der Waals surface area contributed by atoms with Gasteiger partial charge in [-0.05, 0) is 30.5 Å². The van der Waals surface area contributed by atoms with Crippen LogP contribution in [0.25, 0.3) is 10.9 Å². The summed E-state index contributed by atoms with van der Waals surface area (Å²) in [6.45, 7) is 4.42. The van der Waals surface area contributed by atoms with Crippen molar-refractivity contribution in [3.8, 4) is 0 Å². The third kappa shape index (κ3) is 3.08. The van der Waals surface area contributed by atoms with Crippen molar-refractivity contribution in [3.05, 3.63) is 34.4 Å². The standard InChI is InChI=1S/C18H24BrNO/c1-4-6-9-18(5-2,10-11-21)16-13-20(3)17-12-14(19)7-8-15(16)17/h7-8,11-13H,4-6,9-10H2,1-3H3/t18-/m0/s1. The molecule has 0 aliphatic rings. The van der Waals surface area contributed by atoms with E-state index in [2.05, 4.69) is 65.8 Å². The quantitative estimate of drug-likeness (QED) is 0.616. The van der Waals surface area contributed by atoms with Crippen LogP contribution in [0, 0.1) is 0 Å². The molecular weight excluding hydrogens is 326 g/mol. The van der Waals surface area contributed by atoms with Gasteiger partial charge < -0.3 is 9.36 Å². The molecule has 1 atom stereocenters. The highest BCUT2D eigenvalue weighted by molar-refractivity contribution is 9.10. The van der Waals surface area contributed by atoms with Gasteiger partial charge in [0.1, 0.15) is 6.29 Å². The van der Waals surface area contributed by atoms with Crippen molar-refractivity contribution in [1.29, 1.82) is 0 Å². The van der Waals surface area contributed by atoms with Gasteiger partial charge >= 0.3 is 0 Å². The highest BCUT2D eigenvalue weighted by Crippen LogP contribution is 2.41. The highest BCUT2D eigenvalue weighted by Gasteiger charge is 2.32. The van der Waals surface area contributed by atoms with Crippen molar-refractivity contribution in [2.24, 2.45) is 7.05 Å². The van der Waals surface area contributed by atoms with Crippen molar-refractivity contribution in [1.82, 2.24) is 4.57 Å². The van der Waals surface area contributed by atoms with Gasteiger partial charge in [-0.25, -0.2) is 0 Å². The van der Waals surface area contributed by atoms with Gasteiger partial charge in [0.25, 0.3) is 0 Å². The second-order valence-electron chi connectivity index (χ2n) is 5.92. The molecule has 2 aromatic rings. The summed E-state index contributed by atoms with van der Waals surface area (Å²) in [4.78, 5) is 11.3. The Kier molecular flexibility index (Phi) is 5.26. The lowest BCUT2D eigenvalue weighted by Gasteiger charge is -2.31. The summed E-state index contributed by atoms with van der Waals surface area (Å²) in [7, 11) is 2.08. The van der Waals surface area contributed by atoms with Crippen LogP contribution in [0.5, 0.6) is 0 Å². The molecule has 0 aliphatic carbocycles. The van der Waals surface area contributed by atoms with Crippen LogP contribution in [0.2, 0.25) is 0 Å². The number of unbranched alkanes of at least 4 members (excludes halogenated alkanes) is 1. The number of carbonyl (C=O) groups excluding carboxylic acids is 1. The summed E-state index contributed by atoms with van der Waals surface area (Å²) in [5.74, 6) is 0. The number of aldehydes is 1. The minimum Gasteiger partial charge on any atom is -0.350 e. The number of benzene rings is 1. The molecule has 1 aromatic carbocycles. The van der Waals surface area contributed by atoms with E-state index in [4.69, 9.17) is 0 Å². The summed E-state index contributed by atoms with van der Waals surface area (Å²) >= 11 is 3.55. The van der Waals surface area contributed by atoms with Crippen LogP contribution < -0.4 is 0 Å². The second-order valence-corrected chi connectivity index (χ2v) is 6.84. The van der Waals surface area contributed by atoms with Gasteiger partial charge in [0.2, 0.25) is 0 Å². The Bertz CT molecular complexity index is 631. The zero-order valence-electron chi connectivity index (χ0n) is 13.2. The molecule has 0 unspecified atom stereocenters. The SMILES string of the molecule is CCCC[C@@](CC)(CC=O)c1cn(C)c2cc(Br)ccc12. The summed E-state index contributed by atoms with van der Waals surface area (Å²) in [5.41, 5.74) is 2.53. The van der Waals surface area contributed by atoms with E-state index >= 15 is 0 Å². The average molecular weight is 350 g/mol. The van der Waals surface area contributed by atoms with Gasteiger partial charge in [0.15, 0.2) is 0 Å². The van der Waals surface area contributed by atoms with E-state index in [1.54, 1.807) is 0 Å². The first-order valence-corrected chi connectivity index (χ1v) is 8.56. The second kappa shape index (κ2) is 6.78. The third-order valence-corrected chi connectivity index (χ3v) is 5.18. The molecular formula is C18H24BrNO. The number of aromatic nitrogens is 1. The molecule has 0 radical (unpaired) electrons. The van der Waals surface area contributed by atoms with E-state index in [-0.39, 0.29) is 5.41 Å². The Morgan fingerprint density at radius 2 is 2.10 bits per heavy atom. The molecule has 0 saturated carbocycles. The van der Waals surface area contributed by atoms with Gasteiger partial charge in [-0.3, -0.25) is 0 Å². The number of fused-ring (bicyclic) bond motifs is 1. The number of halogens is 1. The summed E-state index contributed by atoms with van der Waals surface area (Å²) < 4.78 is 3.27. The van der Waals surface area contributed by atoms with E-state index in [1.807, 2.05) is 0 Å². The lowest BCUT2D eigenvalue weighted by Crippen LogP contribution is -2.25. The Hall–Kier alpha value is -1.09. The normalized spacial score (nSPS) is 14.3. The molecule has 2 nitrogen and oxygen atoms in total. The van der Waals surface area contributed by atoms with Gasteiger partial charge in [0.05, 0.1) is 0 Å². The molecule has 0 fully saturated rings. The van der Waals surface area contributed by atoms with Crippen LogP contribution in [0.1, 0.15) is 51.5 Å². The van der Waals surface area contributed by atoms with Crippen molar-refractivity contribution < 1.29 is 4.79 Å². The molecule has 2 rings (SSSR count). The first-order chi connectivity index (χ1) is 10.1. The topological polar surface area (TPSA) is 22.0 Å². The van der Waals surface area contributed by atoms with Gasteiger partial charge in [-0.2, -0.15) is 0 Å². The number of aryl methyl sites for hydroxylation is 1. The molecule has 0 aliphatic heterocycles. The van der Waals surface area contributed by atoms with Crippen molar-refractivity contribution in [2.45, 2.75) is 51.4 Å². The number of carbonyl (C=O) groups is 1. The molecule has 0 bridgehead atoms. The molecule has 1 aromatic heterocycles. The first-order valence-electron chi connectivity index (χ1n) is 7.76. The Balaban J connectivity index is 2.61. The first kappa shape index (κ1) is 16.3. The van der Waals surface area contributed by atoms with E-state index in [1.165, 1.54) is 16.5 Å². The van der Waals surface area contributed by atoms with E-state index in [0.717, 1.165) is 36.4 Å². The lowest BCUT2D eigenvalue weighted by atomic mass is 9.72. The zero-order chi connectivity index (χ0) is 15.5. The molecule has 0 spiro atoms. The van der Waals surface area contributed by atoms with Crippen LogP contribution in [0.3, 0.4) is 0 Å². The molecule has 0 saturated heterocycles. The Labute approximate surface area is 135 Å². The fourth-order valence-corrected chi connectivity index (χ4v) is 3.66. The van der Waals surface area contributed by atoms with Gasteiger partial charge in [-0.15, -0.1) is 0 Å². The number of nitrogens with zero attached hydrogens (tertiary/aromatic N) is 1. The smallest absolute Gasteiger partial charge is 0.120 e. The fourth-order valence-electron chi connectivity index (χ4n) is 3.31. The maximum atomic E-state index is 11.3. The minimum atomic E-state index is -0.0227. The van der Waals surface area contributed by atoms with Crippen LogP contribution >= 0.6 is 15.9 Å². The van der Waals surface area contributed by atoms with E-state index in [0.29, 0.717) is 6.42 Å². The maximum absolute atomic E-state index is 11.3. The highest BCUT2D eigenvalue weighted by atomic mass is 79.9. The summed E-state index contributed by atoms with van der Waals surface area (Å²) in [6.07, 6.45) is 8.33. The largest absolute Gasteiger partial charge is 0.350 e. The number of hydrogen-bond acceptors (Lipinski definition) is 1. The van der Waals surface area contributed by atoms with E-state index in [9.17, 15) is 4.79 Å². The van der Waals surface area contributed by atoms with Crippen molar-refractivity contribution >= 4 is 33.1 Å². The third-order valence-electron chi connectivity index (χ3n) is 4.68.